The van der Waals surface area contributed by atoms with Crippen molar-refractivity contribution >= 4 is 34.2 Å². The van der Waals surface area contributed by atoms with Crippen LogP contribution in [0.3, 0.4) is 0 Å². The number of hydrogen-bond acceptors (Lipinski definition) is 2. The standard InChI is InChI=1S/C7H2ClF2IN2/c8-6-4(1-12)13-2-3(11)5(6)7(9)10/h2,7H. The van der Waals surface area contributed by atoms with Crippen molar-refractivity contribution in [2.24, 2.45) is 0 Å². The predicted octanol–water partition coefficient (Wildman–Crippen LogP) is 3.15. The summed E-state index contributed by atoms with van der Waals surface area (Å²) in [5.41, 5.74) is -0.494. The molecule has 0 bridgehead atoms. The number of nitriles is 1. The van der Waals surface area contributed by atoms with Gasteiger partial charge in [-0.25, -0.2) is 13.8 Å². The molecule has 0 spiro atoms. The van der Waals surface area contributed by atoms with Crippen LogP contribution in [0.5, 0.6) is 0 Å². The Morgan fingerprint density at radius 1 is 1.62 bits per heavy atom. The highest BCUT2D eigenvalue weighted by atomic mass is 127. The SMILES string of the molecule is N#Cc1ncc(I)c(C(F)F)c1Cl. The lowest BCUT2D eigenvalue weighted by Crippen LogP contribution is -1.96. The first-order valence-electron chi connectivity index (χ1n) is 3.10. The van der Waals surface area contributed by atoms with Crippen LogP contribution in [0.2, 0.25) is 5.02 Å². The van der Waals surface area contributed by atoms with E-state index in [0.717, 1.165) is 0 Å². The van der Waals surface area contributed by atoms with Crippen LogP contribution < -0.4 is 0 Å². The molecule has 0 atom stereocenters. The number of aromatic nitrogens is 1. The fourth-order valence-corrected chi connectivity index (χ4v) is 1.84. The smallest absolute Gasteiger partial charge is 0.243 e. The number of pyridine rings is 1. The first kappa shape index (κ1) is 10.6. The summed E-state index contributed by atoms with van der Waals surface area (Å²) in [6, 6.07) is 1.64. The highest BCUT2D eigenvalue weighted by Crippen LogP contribution is 2.32. The van der Waals surface area contributed by atoms with E-state index >= 15 is 0 Å². The van der Waals surface area contributed by atoms with Gasteiger partial charge in [0.15, 0.2) is 5.69 Å². The molecule has 0 N–H and O–H groups in total. The molecule has 0 saturated carbocycles. The van der Waals surface area contributed by atoms with Gasteiger partial charge < -0.3 is 0 Å². The van der Waals surface area contributed by atoms with Crippen molar-refractivity contribution in [1.29, 1.82) is 5.26 Å². The largest absolute Gasteiger partial charge is 0.266 e. The molecule has 13 heavy (non-hydrogen) atoms. The topological polar surface area (TPSA) is 36.7 Å². The quantitative estimate of drug-likeness (QED) is 0.747. The Morgan fingerprint density at radius 3 is 2.69 bits per heavy atom. The van der Waals surface area contributed by atoms with Crippen molar-refractivity contribution in [2.45, 2.75) is 6.43 Å². The highest BCUT2D eigenvalue weighted by molar-refractivity contribution is 14.1. The molecule has 0 unspecified atom stereocenters. The van der Waals surface area contributed by atoms with Gasteiger partial charge in [-0.05, 0) is 22.6 Å². The van der Waals surface area contributed by atoms with Gasteiger partial charge in [0.25, 0.3) is 6.43 Å². The summed E-state index contributed by atoms with van der Waals surface area (Å²) in [6.07, 6.45) is -1.48. The van der Waals surface area contributed by atoms with Crippen molar-refractivity contribution in [3.8, 4) is 6.07 Å². The molecule has 1 aromatic rings. The van der Waals surface area contributed by atoms with E-state index in [2.05, 4.69) is 4.98 Å². The van der Waals surface area contributed by atoms with E-state index in [0.29, 0.717) is 0 Å². The average molecular weight is 314 g/mol. The minimum atomic E-state index is -2.69. The molecule has 0 amide bonds. The zero-order chi connectivity index (χ0) is 10.0. The molecule has 0 fully saturated rings. The number of rotatable bonds is 1. The number of halogens is 4. The summed E-state index contributed by atoms with van der Waals surface area (Å²) in [5, 5.41) is 8.21. The lowest BCUT2D eigenvalue weighted by molar-refractivity contribution is 0.150. The summed E-state index contributed by atoms with van der Waals surface area (Å²) < 4.78 is 25.0. The van der Waals surface area contributed by atoms with Crippen molar-refractivity contribution in [3.05, 3.63) is 26.0 Å². The van der Waals surface area contributed by atoms with Crippen LogP contribution in [0, 0.1) is 14.9 Å². The molecular weight excluding hydrogens is 312 g/mol. The second-order valence-electron chi connectivity index (χ2n) is 2.09. The van der Waals surface area contributed by atoms with Crippen LogP contribution in [0.4, 0.5) is 8.78 Å². The molecule has 68 valence electrons. The number of alkyl halides is 2. The van der Waals surface area contributed by atoms with Crippen LogP contribution in [-0.2, 0) is 0 Å². The monoisotopic (exact) mass is 314 g/mol. The fraction of sp³-hybridized carbons (Fsp3) is 0.143. The van der Waals surface area contributed by atoms with Gasteiger partial charge in [0.05, 0.1) is 10.6 Å². The maximum atomic E-state index is 12.4. The Hall–Kier alpha value is -0.480. The molecule has 0 aromatic carbocycles. The van der Waals surface area contributed by atoms with Gasteiger partial charge in [-0.1, -0.05) is 11.6 Å². The van der Waals surface area contributed by atoms with Gasteiger partial charge in [0.2, 0.25) is 0 Å². The van der Waals surface area contributed by atoms with E-state index in [1.54, 1.807) is 28.7 Å². The first-order chi connectivity index (χ1) is 6.07. The Morgan fingerprint density at radius 2 is 2.23 bits per heavy atom. The van der Waals surface area contributed by atoms with Crippen molar-refractivity contribution in [2.75, 3.05) is 0 Å². The molecule has 1 rings (SSSR count). The lowest BCUT2D eigenvalue weighted by atomic mass is 10.2. The summed E-state index contributed by atoms with van der Waals surface area (Å²) in [6.45, 7) is 0. The third kappa shape index (κ3) is 2.06. The maximum Gasteiger partial charge on any atom is 0.266 e. The minimum absolute atomic E-state index is 0.169. The van der Waals surface area contributed by atoms with Crippen molar-refractivity contribution in [3.63, 3.8) is 0 Å². The summed E-state index contributed by atoms with van der Waals surface area (Å²) in [4.78, 5) is 3.61. The second kappa shape index (κ2) is 4.15. The van der Waals surface area contributed by atoms with Gasteiger partial charge in [-0.2, -0.15) is 5.26 Å². The van der Waals surface area contributed by atoms with Crippen molar-refractivity contribution < 1.29 is 8.78 Å². The number of nitrogens with zero attached hydrogens (tertiary/aromatic N) is 2. The molecule has 0 radical (unpaired) electrons. The summed E-state index contributed by atoms with van der Waals surface area (Å²) >= 11 is 7.24. The third-order valence-electron chi connectivity index (χ3n) is 1.33. The van der Waals surface area contributed by atoms with Gasteiger partial charge in [-0.3, -0.25) is 0 Å². The molecule has 1 aromatic heterocycles. The Kier molecular flexibility index (Phi) is 3.39. The first-order valence-corrected chi connectivity index (χ1v) is 4.55. The average Bonchev–Trinajstić information content (AvgIpc) is 2.04. The molecule has 0 aliphatic carbocycles. The third-order valence-corrected chi connectivity index (χ3v) is 2.58. The van der Waals surface area contributed by atoms with Crippen molar-refractivity contribution in [1.82, 2.24) is 4.98 Å². The highest BCUT2D eigenvalue weighted by Gasteiger charge is 2.19. The summed E-state index contributed by atoms with van der Waals surface area (Å²) in [7, 11) is 0. The Bertz CT molecular complexity index is 375. The van der Waals surface area contributed by atoms with E-state index in [1.807, 2.05) is 0 Å². The lowest BCUT2D eigenvalue weighted by Gasteiger charge is -2.05. The molecule has 6 heteroatoms. The van der Waals surface area contributed by atoms with Crippen LogP contribution in [0.1, 0.15) is 17.7 Å². The zero-order valence-electron chi connectivity index (χ0n) is 6.06. The molecule has 1 heterocycles. The van der Waals surface area contributed by atoms with Gasteiger partial charge in [0.1, 0.15) is 6.07 Å². The maximum absolute atomic E-state index is 12.4. The summed E-state index contributed by atoms with van der Waals surface area (Å²) in [5.74, 6) is 0. The predicted molar refractivity (Wildman–Crippen MR) is 51.6 cm³/mol. The zero-order valence-corrected chi connectivity index (χ0v) is 8.97. The van der Waals surface area contributed by atoms with E-state index in [-0.39, 0.29) is 19.9 Å². The Balaban J connectivity index is 3.41. The number of hydrogen-bond donors (Lipinski definition) is 0. The van der Waals surface area contributed by atoms with E-state index in [4.69, 9.17) is 16.9 Å². The van der Waals surface area contributed by atoms with E-state index in [9.17, 15) is 8.78 Å². The molecule has 0 saturated heterocycles. The normalized spacial score (nSPS) is 10.2. The van der Waals surface area contributed by atoms with Crippen LogP contribution in [-0.4, -0.2) is 4.98 Å². The van der Waals surface area contributed by atoms with Gasteiger partial charge in [-0.15, -0.1) is 0 Å². The Labute approximate surface area is 91.7 Å². The van der Waals surface area contributed by atoms with Gasteiger partial charge in [0, 0.05) is 9.77 Å². The van der Waals surface area contributed by atoms with Crippen LogP contribution in [0.25, 0.3) is 0 Å². The molecule has 0 aliphatic rings. The second-order valence-corrected chi connectivity index (χ2v) is 3.64. The van der Waals surface area contributed by atoms with E-state index < -0.39 is 6.43 Å². The van der Waals surface area contributed by atoms with Crippen LogP contribution in [0.15, 0.2) is 6.20 Å². The molecule has 0 aliphatic heterocycles. The van der Waals surface area contributed by atoms with Crippen LogP contribution >= 0.6 is 34.2 Å². The molecule has 2 nitrogen and oxygen atoms in total. The fourth-order valence-electron chi connectivity index (χ4n) is 0.758. The molecular formula is C7H2ClF2IN2. The van der Waals surface area contributed by atoms with Gasteiger partial charge >= 0.3 is 0 Å². The minimum Gasteiger partial charge on any atom is -0.243 e. The van der Waals surface area contributed by atoms with E-state index in [1.165, 1.54) is 6.20 Å².